The fourth-order valence-corrected chi connectivity index (χ4v) is 4.78. The van der Waals surface area contributed by atoms with Crippen molar-refractivity contribution in [2.24, 2.45) is 5.92 Å². The van der Waals surface area contributed by atoms with Crippen molar-refractivity contribution in [2.45, 2.75) is 30.6 Å². The Kier molecular flexibility index (Phi) is 4.19. The maximum atomic E-state index is 12.7. The summed E-state index contributed by atoms with van der Waals surface area (Å²) in [6.45, 7) is 2.16. The van der Waals surface area contributed by atoms with E-state index < -0.39 is 10.0 Å². The van der Waals surface area contributed by atoms with Crippen LogP contribution < -0.4 is 5.32 Å². The van der Waals surface area contributed by atoms with E-state index in [2.05, 4.69) is 5.32 Å². The molecule has 0 aromatic heterocycles. The van der Waals surface area contributed by atoms with E-state index in [0.29, 0.717) is 24.4 Å². The fraction of sp³-hybridized carbons (Fsp3) is 0.600. The molecule has 2 aliphatic heterocycles. The highest BCUT2D eigenvalue weighted by atomic mass is 32.2. The molecule has 2 heterocycles. The van der Waals surface area contributed by atoms with Crippen LogP contribution >= 0.6 is 0 Å². The van der Waals surface area contributed by atoms with Crippen LogP contribution in [0, 0.1) is 5.92 Å². The summed E-state index contributed by atoms with van der Waals surface area (Å²) in [7, 11) is -3.40. The molecule has 1 aromatic rings. The summed E-state index contributed by atoms with van der Waals surface area (Å²) in [5.41, 5.74) is 2.15. The maximum Gasteiger partial charge on any atom is 0.243 e. The van der Waals surface area contributed by atoms with E-state index in [1.807, 2.05) is 12.1 Å². The normalized spacial score (nSPS) is 22.8. The van der Waals surface area contributed by atoms with Crippen molar-refractivity contribution in [3.05, 3.63) is 23.8 Å². The van der Waals surface area contributed by atoms with Crippen LogP contribution in [-0.4, -0.2) is 44.1 Å². The summed E-state index contributed by atoms with van der Waals surface area (Å²) in [5.74, 6) is 0.282. The summed E-state index contributed by atoms with van der Waals surface area (Å²) in [4.78, 5) is 0.398. The first-order chi connectivity index (χ1) is 10.1. The molecule has 0 radical (unpaired) electrons. The van der Waals surface area contributed by atoms with Crippen LogP contribution in [-0.2, 0) is 16.4 Å². The molecule has 0 bridgehead atoms. The van der Waals surface area contributed by atoms with Gasteiger partial charge in [-0.1, -0.05) is 0 Å². The summed E-state index contributed by atoms with van der Waals surface area (Å²) in [6.07, 6.45) is 3.49. The van der Waals surface area contributed by atoms with Gasteiger partial charge in [0.15, 0.2) is 0 Å². The number of nitrogens with one attached hydrogen (secondary N) is 1. The van der Waals surface area contributed by atoms with Gasteiger partial charge in [0.05, 0.1) is 4.90 Å². The number of anilines is 1. The number of aryl methyl sites for hydroxylation is 1. The molecule has 5 nitrogen and oxygen atoms in total. The van der Waals surface area contributed by atoms with Crippen molar-refractivity contribution in [3.63, 3.8) is 0 Å². The molecule has 6 heteroatoms. The minimum absolute atomic E-state index is 0.128. The van der Waals surface area contributed by atoms with Gasteiger partial charge in [0.2, 0.25) is 10.0 Å². The molecular formula is C15H22N2O3S. The third-order valence-electron chi connectivity index (χ3n) is 4.44. The molecule has 1 fully saturated rings. The molecule has 2 aliphatic rings. The Bertz CT molecular complexity index is 615. The van der Waals surface area contributed by atoms with Gasteiger partial charge in [0.25, 0.3) is 0 Å². The summed E-state index contributed by atoms with van der Waals surface area (Å²) in [6, 6.07) is 5.39. The Morgan fingerprint density at radius 1 is 1.38 bits per heavy atom. The second-order valence-corrected chi connectivity index (χ2v) is 7.82. The molecule has 116 valence electrons. The highest BCUT2D eigenvalue weighted by molar-refractivity contribution is 7.89. The summed E-state index contributed by atoms with van der Waals surface area (Å²) < 4.78 is 27.0. The second-order valence-electron chi connectivity index (χ2n) is 5.88. The van der Waals surface area contributed by atoms with Crippen LogP contribution in [0.15, 0.2) is 23.1 Å². The van der Waals surface area contributed by atoms with Gasteiger partial charge in [0, 0.05) is 31.9 Å². The van der Waals surface area contributed by atoms with Gasteiger partial charge < -0.3 is 10.4 Å². The van der Waals surface area contributed by atoms with Crippen LogP contribution in [0.5, 0.6) is 0 Å². The zero-order valence-corrected chi connectivity index (χ0v) is 12.9. The van der Waals surface area contributed by atoms with Crippen molar-refractivity contribution >= 4 is 15.7 Å². The number of benzene rings is 1. The molecule has 1 saturated heterocycles. The highest BCUT2D eigenvalue weighted by Crippen LogP contribution is 2.29. The third kappa shape index (κ3) is 2.93. The Morgan fingerprint density at radius 2 is 2.24 bits per heavy atom. The van der Waals surface area contributed by atoms with Crippen LogP contribution in [0.2, 0.25) is 0 Å². The van der Waals surface area contributed by atoms with Crippen molar-refractivity contribution in [1.29, 1.82) is 0 Å². The van der Waals surface area contributed by atoms with Crippen LogP contribution in [0.3, 0.4) is 0 Å². The minimum atomic E-state index is -3.40. The Hall–Kier alpha value is -1.11. The second kappa shape index (κ2) is 5.94. The summed E-state index contributed by atoms with van der Waals surface area (Å²) in [5, 5.41) is 12.3. The average molecular weight is 310 g/mol. The predicted molar refractivity (Wildman–Crippen MR) is 81.8 cm³/mol. The Labute approximate surface area is 126 Å². The van der Waals surface area contributed by atoms with Crippen LogP contribution in [0.4, 0.5) is 5.69 Å². The molecule has 1 aromatic carbocycles. The topological polar surface area (TPSA) is 69.6 Å². The lowest BCUT2D eigenvalue weighted by molar-refractivity contribution is 0.259. The number of sulfonamides is 1. The van der Waals surface area contributed by atoms with E-state index in [1.165, 1.54) is 0 Å². The first-order valence-corrected chi connectivity index (χ1v) is 9.03. The average Bonchev–Trinajstić information content (AvgIpc) is 2.96. The lowest BCUT2D eigenvalue weighted by Crippen LogP contribution is -2.29. The van der Waals surface area contributed by atoms with E-state index >= 15 is 0 Å². The Balaban J connectivity index is 1.82. The van der Waals surface area contributed by atoms with E-state index in [1.54, 1.807) is 10.4 Å². The smallest absolute Gasteiger partial charge is 0.243 e. The van der Waals surface area contributed by atoms with E-state index in [9.17, 15) is 8.42 Å². The molecule has 0 saturated carbocycles. The predicted octanol–water partition coefficient (Wildman–Crippen LogP) is 1.44. The number of hydrogen-bond donors (Lipinski definition) is 2. The van der Waals surface area contributed by atoms with E-state index in [0.717, 1.165) is 37.1 Å². The SMILES string of the molecule is O=S(=O)(c1ccc2c(c1)CCCN2)N1CCC(CCO)C1. The van der Waals surface area contributed by atoms with Gasteiger partial charge in [-0.3, -0.25) is 0 Å². The number of hydrogen-bond acceptors (Lipinski definition) is 4. The molecular weight excluding hydrogens is 288 g/mol. The molecule has 3 rings (SSSR count). The zero-order valence-electron chi connectivity index (χ0n) is 12.1. The minimum Gasteiger partial charge on any atom is -0.396 e. The molecule has 21 heavy (non-hydrogen) atoms. The van der Waals surface area contributed by atoms with Gasteiger partial charge in [-0.2, -0.15) is 4.31 Å². The number of rotatable bonds is 4. The quantitative estimate of drug-likeness (QED) is 0.883. The lowest BCUT2D eigenvalue weighted by atomic mass is 10.0. The van der Waals surface area contributed by atoms with Gasteiger partial charge in [-0.25, -0.2) is 8.42 Å². The zero-order chi connectivity index (χ0) is 14.9. The molecule has 1 atom stereocenters. The van der Waals surface area contributed by atoms with Crippen molar-refractivity contribution < 1.29 is 13.5 Å². The monoisotopic (exact) mass is 310 g/mol. The number of nitrogens with zero attached hydrogens (tertiary/aromatic N) is 1. The van der Waals surface area contributed by atoms with Crippen molar-refractivity contribution in [1.82, 2.24) is 4.31 Å². The summed E-state index contributed by atoms with van der Waals surface area (Å²) >= 11 is 0. The first-order valence-electron chi connectivity index (χ1n) is 7.59. The van der Waals surface area contributed by atoms with Gasteiger partial charge >= 0.3 is 0 Å². The van der Waals surface area contributed by atoms with Crippen LogP contribution in [0.25, 0.3) is 0 Å². The fourth-order valence-electron chi connectivity index (χ4n) is 3.19. The maximum absolute atomic E-state index is 12.7. The van der Waals surface area contributed by atoms with E-state index in [4.69, 9.17) is 5.11 Å². The number of fused-ring (bicyclic) bond motifs is 1. The number of aliphatic hydroxyl groups is 1. The molecule has 2 N–H and O–H groups in total. The van der Waals surface area contributed by atoms with Crippen molar-refractivity contribution in [2.75, 3.05) is 31.6 Å². The van der Waals surface area contributed by atoms with E-state index in [-0.39, 0.29) is 12.5 Å². The number of aliphatic hydroxyl groups excluding tert-OH is 1. The lowest BCUT2D eigenvalue weighted by Gasteiger charge is -2.21. The Morgan fingerprint density at radius 3 is 3.05 bits per heavy atom. The van der Waals surface area contributed by atoms with Crippen molar-refractivity contribution in [3.8, 4) is 0 Å². The highest BCUT2D eigenvalue weighted by Gasteiger charge is 2.32. The molecule has 0 spiro atoms. The standard InChI is InChI=1S/C15H22N2O3S/c18-9-6-12-5-8-17(11-12)21(19,20)14-3-4-15-13(10-14)2-1-7-16-15/h3-4,10,12,16,18H,1-2,5-9,11H2. The first kappa shape index (κ1) is 14.8. The van der Waals surface area contributed by atoms with Gasteiger partial charge in [0.1, 0.15) is 0 Å². The molecule has 0 amide bonds. The molecule has 0 aliphatic carbocycles. The molecule has 1 unspecified atom stereocenters. The van der Waals surface area contributed by atoms with Crippen LogP contribution in [0.1, 0.15) is 24.8 Å². The van der Waals surface area contributed by atoms with Gasteiger partial charge in [-0.15, -0.1) is 0 Å². The third-order valence-corrected chi connectivity index (χ3v) is 6.30. The largest absolute Gasteiger partial charge is 0.396 e. The van der Waals surface area contributed by atoms with Gasteiger partial charge in [-0.05, 0) is 55.4 Å².